The summed E-state index contributed by atoms with van der Waals surface area (Å²) in [6, 6.07) is 22.1. The maximum absolute atomic E-state index is 12.8. The van der Waals surface area contributed by atoms with Crippen LogP contribution in [0.1, 0.15) is 48.4 Å². The van der Waals surface area contributed by atoms with Gasteiger partial charge in [-0.1, -0.05) is 79.7 Å². The molecule has 4 aromatic rings. The van der Waals surface area contributed by atoms with Gasteiger partial charge < -0.3 is 0 Å². The van der Waals surface area contributed by atoms with Crippen LogP contribution in [0.2, 0.25) is 0 Å². The highest BCUT2D eigenvalue weighted by Crippen LogP contribution is 2.34. The number of benzene rings is 3. The Kier molecular flexibility index (Phi) is 7.74. The maximum atomic E-state index is 12.8. The van der Waals surface area contributed by atoms with Gasteiger partial charge >= 0.3 is 0 Å². The second-order valence-corrected chi connectivity index (χ2v) is 11.0. The molecule has 1 fully saturated rings. The van der Waals surface area contributed by atoms with Crippen molar-refractivity contribution in [2.75, 3.05) is 10.7 Å². The van der Waals surface area contributed by atoms with Gasteiger partial charge in [0.05, 0.1) is 17.1 Å². The lowest BCUT2D eigenvalue weighted by molar-refractivity contribution is -0.117. The van der Waals surface area contributed by atoms with Crippen LogP contribution in [-0.4, -0.2) is 37.5 Å². The van der Waals surface area contributed by atoms with Gasteiger partial charge in [-0.15, -0.1) is 5.10 Å². The van der Waals surface area contributed by atoms with E-state index < -0.39 is 0 Å². The van der Waals surface area contributed by atoms with Crippen LogP contribution in [0.15, 0.2) is 78.0 Å². The van der Waals surface area contributed by atoms with Crippen LogP contribution in [0, 0.1) is 13.8 Å². The SMILES string of the molecule is Cc1ccc(-n2cnc(-c3ccc(CCC(=O)N=C4SCC(=O)N4c4cc(C)ccc4C(C)C)cc3)n2)cc1. The number of anilines is 1. The number of aliphatic imine (C=N–C) groups is 1. The topological polar surface area (TPSA) is 80.4 Å². The van der Waals surface area contributed by atoms with Gasteiger partial charge in [0.15, 0.2) is 11.0 Å². The molecule has 0 N–H and O–H groups in total. The lowest BCUT2D eigenvalue weighted by atomic mass is 9.99. The third kappa shape index (κ3) is 6.01. The van der Waals surface area contributed by atoms with Crippen molar-refractivity contribution in [3.8, 4) is 17.1 Å². The van der Waals surface area contributed by atoms with Gasteiger partial charge in [0.25, 0.3) is 0 Å². The monoisotopic (exact) mass is 537 g/mol. The third-order valence-corrected chi connectivity index (χ3v) is 7.59. The molecule has 0 aliphatic carbocycles. The predicted octanol–water partition coefficient (Wildman–Crippen LogP) is 6.27. The van der Waals surface area contributed by atoms with Crippen molar-refractivity contribution < 1.29 is 9.59 Å². The number of carbonyl (C=O) groups excluding carboxylic acids is 2. The van der Waals surface area contributed by atoms with Crippen molar-refractivity contribution in [1.29, 1.82) is 0 Å². The van der Waals surface area contributed by atoms with Crippen LogP contribution in [0.25, 0.3) is 17.1 Å². The minimum atomic E-state index is -0.237. The summed E-state index contributed by atoms with van der Waals surface area (Å²) in [7, 11) is 0. The Balaban J connectivity index is 1.25. The van der Waals surface area contributed by atoms with E-state index in [0.29, 0.717) is 17.4 Å². The fraction of sp³-hybridized carbons (Fsp3) is 0.258. The van der Waals surface area contributed by atoms with Crippen LogP contribution < -0.4 is 4.90 Å². The molecule has 0 radical (unpaired) electrons. The van der Waals surface area contributed by atoms with Crippen LogP contribution in [0.4, 0.5) is 5.69 Å². The second kappa shape index (κ2) is 11.4. The quantitative estimate of drug-likeness (QED) is 0.278. The zero-order chi connectivity index (χ0) is 27.5. The second-order valence-electron chi connectivity index (χ2n) is 10.1. The molecule has 2 amide bonds. The lowest BCUT2D eigenvalue weighted by Crippen LogP contribution is -2.31. The number of thioether (sulfide) groups is 1. The van der Waals surface area contributed by atoms with Crippen LogP contribution >= 0.6 is 11.8 Å². The summed E-state index contributed by atoms with van der Waals surface area (Å²) in [6.07, 6.45) is 2.53. The molecule has 198 valence electrons. The molecule has 3 aromatic carbocycles. The molecule has 0 spiro atoms. The Morgan fingerprint density at radius 3 is 2.44 bits per heavy atom. The van der Waals surface area contributed by atoms with E-state index in [4.69, 9.17) is 0 Å². The summed E-state index contributed by atoms with van der Waals surface area (Å²) in [5, 5.41) is 5.06. The largest absolute Gasteiger partial charge is 0.273 e. The number of rotatable bonds is 7. The van der Waals surface area contributed by atoms with Crippen molar-refractivity contribution >= 4 is 34.4 Å². The minimum Gasteiger partial charge on any atom is -0.273 e. The molecule has 7 nitrogen and oxygen atoms in total. The standard InChI is InChI=1S/C31H31N5O2S/c1-20(2)26-15-7-22(4)17-27(26)36-29(38)18-39-31(36)33-28(37)16-10-23-8-11-24(12-9-23)30-32-19-35(34-30)25-13-5-21(3)6-14-25/h5-9,11-15,17,19-20H,10,16,18H2,1-4H3. The third-order valence-electron chi connectivity index (χ3n) is 6.66. The Hall–Kier alpha value is -4.04. The Morgan fingerprint density at radius 1 is 1.00 bits per heavy atom. The molecule has 8 heteroatoms. The number of aromatic nitrogens is 3. The number of hydrogen-bond donors (Lipinski definition) is 0. The van der Waals surface area contributed by atoms with Crippen LogP contribution in [0.5, 0.6) is 0 Å². The van der Waals surface area contributed by atoms with E-state index in [-0.39, 0.29) is 29.9 Å². The molecule has 1 aliphatic rings. The maximum Gasteiger partial charge on any atom is 0.248 e. The first-order chi connectivity index (χ1) is 18.8. The molecule has 1 aromatic heterocycles. The molecule has 1 saturated heterocycles. The minimum absolute atomic E-state index is 0.0481. The molecule has 1 aliphatic heterocycles. The fourth-order valence-corrected chi connectivity index (χ4v) is 5.35. The Morgan fingerprint density at radius 2 is 1.72 bits per heavy atom. The highest BCUT2D eigenvalue weighted by atomic mass is 32.2. The molecule has 0 bridgehead atoms. The summed E-state index contributed by atoms with van der Waals surface area (Å²) in [5.41, 5.74) is 7.03. The first kappa shape index (κ1) is 26.6. The normalized spacial score (nSPS) is 14.5. The van der Waals surface area contributed by atoms with Crippen molar-refractivity contribution in [3.63, 3.8) is 0 Å². The first-order valence-electron chi connectivity index (χ1n) is 13.0. The van der Waals surface area contributed by atoms with E-state index >= 15 is 0 Å². The van der Waals surface area contributed by atoms with Crippen molar-refractivity contribution in [2.45, 2.75) is 46.5 Å². The van der Waals surface area contributed by atoms with Crippen LogP contribution in [0.3, 0.4) is 0 Å². The van der Waals surface area contributed by atoms with Gasteiger partial charge in [-0.25, -0.2) is 9.67 Å². The zero-order valence-electron chi connectivity index (χ0n) is 22.6. The average molecular weight is 538 g/mol. The molecule has 0 atom stereocenters. The van der Waals surface area contributed by atoms with Gasteiger partial charge in [-0.05, 0) is 61.1 Å². The highest BCUT2D eigenvalue weighted by molar-refractivity contribution is 8.15. The molecular formula is C31H31N5O2S. The molecule has 2 heterocycles. The fourth-order valence-electron chi connectivity index (χ4n) is 4.47. The Bertz CT molecular complexity index is 1540. The van der Waals surface area contributed by atoms with E-state index in [2.05, 4.69) is 41.9 Å². The van der Waals surface area contributed by atoms with Gasteiger partial charge in [-0.2, -0.15) is 4.99 Å². The summed E-state index contributed by atoms with van der Waals surface area (Å²) < 4.78 is 1.76. The van der Waals surface area contributed by atoms with E-state index in [9.17, 15) is 9.59 Å². The lowest BCUT2D eigenvalue weighted by Gasteiger charge is -2.22. The number of amides is 2. The first-order valence-corrected chi connectivity index (χ1v) is 14.0. The highest BCUT2D eigenvalue weighted by Gasteiger charge is 2.32. The van der Waals surface area contributed by atoms with Gasteiger partial charge in [-0.3, -0.25) is 14.5 Å². The van der Waals surface area contributed by atoms with E-state index in [0.717, 1.165) is 33.6 Å². The molecule has 39 heavy (non-hydrogen) atoms. The number of nitrogens with zero attached hydrogens (tertiary/aromatic N) is 5. The average Bonchev–Trinajstić information content (AvgIpc) is 3.55. The van der Waals surface area contributed by atoms with Crippen LogP contribution in [-0.2, 0) is 16.0 Å². The van der Waals surface area contributed by atoms with E-state index in [1.807, 2.05) is 67.6 Å². The van der Waals surface area contributed by atoms with Crippen molar-refractivity contribution in [1.82, 2.24) is 14.8 Å². The number of hydrogen-bond acceptors (Lipinski definition) is 5. The predicted molar refractivity (Wildman–Crippen MR) is 158 cm³/mol. The van der Waals surface area contributed by atoms with E-state index in [1.54, 1.807) is 15.9 Å². The smallest absolute Gasteiger partial charge is 0.248 e. The number of carbonyl (C=O) groups is 2. The number of amidine groups is 1. The van der Waals surface area contributed by atoms with Crippen molar-refractivity contribution in [2.24, 2.45) is 4.99 Å². The molecule has 0 unspecified atom stereocenters. The number of aryl methyl sites for hydroxylation is 3. The molecule has 5 rings (SSSR count). The van der Waals surface area contributed by atoms with Gasteiger partial charge in [0.1, 0.15) is 6.33 Å². The zero-order valence-corrected chi connectivity index (χ0v) is 23.4. The van der Waals surface area contributed by atoms with Gasteiger partial charge in [0, 0.05) is 12.0 Å². The Labute approximate surface area is 233 Å². The summed E-state index contributed by atoms with van der Waals surface area (Å²) >= 11 is 1.32. The summed E-state index contributed by atoms with van der Waals surface area (Å²) in [5.74, 6) is 0.883. The molecular weight excluding hydrogens is 506 g/mol. The van der Waals surface area contributed by atoms with E-state index in [1.165, 1.54) is 17.3 Å². The van der Waals surface area contributed by atoms with Gasteiger partial charge in [0.2, 0.25) is 11.8 Å². The summed E-state index contributed by atoms with van der Waals surface area (Å²) in [4.78, 5) is 36.0. The van der Waals surface area contributed by atoms with Crippen molar-refractivity contribution in [3.05, 3.63) is 95.3 Å². The summed E-state index contributed by atoms with van der Waals surface area (Å²) in [6.45, 7) is 8.25. The molecule has 0 saturated carbocycles.